The second kappa shape index (κ2) is 31.3. The van der Waals surface area contributed by atoms with Gasteiger partial charge in [-0.25, -0.2) is 0 Å². The molecule has 0 saturated carbocycles. The highest BCUT2D eigenvalue weighted by molar-refractivity contribution is 6.27. The van der Waals surface area contributed by atoms with Crippen LogP contribution < -0.4 is 0 Å². The van der Waals surface area contributed by atoms with Gasteiger partial charge in [0.1, 0.15) is 11.2 Å². The molecule has 0 N–H and O–H groups in total. The lowest BCUT2D eigenvalue weighted by molar-refractivity contribution is 0.660. The lowest BCUT2D eigenvalue weighted by Crippen LogP contribution is -2.14. The summed E-state index contributed by atoms with van der Waals surface area (Å²) in [6.45, 7) is 14.1. The summed E-state index contributed by atoms with van der Waals surface area (Å²) >= 11 is 0. The molecule has 1 nitrogen and oxygen atoms in total. The van der Waals surface area contributed by atoms with E-state index >= 15 is 0 Å². The second-order valence-electron chi connectivity index (χ2n) is 39.1. The smallest absolute Gasteiger partial charge is 0.135 e. The van der Waals surface area contributed by atoms with Crippen LogP contribution in [0, 0.1) is 0 Å². The molecule has 3 aliphatic carbocycles. The number of para-hydroxylation sites is 1. The van der Waals surface area contributed by atoms with Crippen LogP contribution in [0.3, 0.4) is 0 Å². The Hall–Kier alpha value is -16.6. The predicted molar refractivity (Wildman–Crippen MR) is 580 cm³/mol. The van der Waals surface area contributed by atoms with E-state index in [0.717, 1.165) is 21.9 Å². The summed E-state index contributed by atoms with van der Waals surface area (Å²) in [5, 5.41) is 25.5. The van der Waals surface area contributed by atoms with Crippen molar-refractivity contribution in [2.75, 3.05) is 0 Å². The van der Waals surface area contributed by atoms with Crippen LogP contribution in [-0.4, -0.2) is 0 Å². The summed E-state index contributed by atoms with van der Waals surface area (Å²) in [7, 11) is 0. The van der Waals surface area contributed by atoms with Gasteiger partial charge in [-0.05, 0) is 319 Å². The van der Waals surface area contributed by atoms with Gasteiger partial charge in [-0.1, -0.05) is 436 Å². The quantitative estimate of drug-likeness (QED) is 0.138. The fourth-order valence-corrected chi connectivity index (χ4v) is 23.8. The highest BCUT2D eigenvalue weighted by Crippen LogP contribution is 2.56. The second-order valence-corrected chi connectivity index (χ2v) is 39.1. The fraction of sp³-hybridized carbons (Fsp3) is 0.0667. The minimum atomic E-state index is -0.0319. The van der Waals surface area contributed by atoms with E-state index in [0.29, 0.717) is 0 Å². The van der Waals surface area contributed by atoms with E-state index in [4.69, 9.17) is 4.42 Å². The van der Waals surface area contributed by atoms with E-state index in [9.17, 15) is 0 Å². The molecule has 0 aliphatic heterocycles. The van der Waals surface area contributed by atoms with E-state index in [-0.39, 0.29) is 16.2 Å². The normalized spacial score (nSPS) is 13.4. The third-order valence-corrected chi connectivity index (χ3v) is 30.6. The number of hydrogen-bond acceptors (Lipinski definition) is 1. The van der Waals surface area contributed by atoms with E-state index < -0.39 is 0 Å². The fourth-order valence-electron chi connectivity index (χ4n) is 23.8. The van der Waals surface area contributed by atoms with Crippen molar-refractivity contribution in [1.82, 2.24) is 0 Å². The summed E-state index contributed by atoms with van der Waals surface area (Å²) in [5.74, 6) is 0. The van der Waals surface area contributed by atoms with E-state index in [1.165, 1.54) is 253 Å². The molecule has 640 valence electrons. The van der Waals surface area contributed by atoms with Crippen LogP contribution in [0.5, 0.6) is 0 Å². The molecular weight excluding hydrogens is 1640 g/mol. The summed E-state index contributed by atoms with van der Waals surface area (Å²) in [5.41, 5.74) is 38.4. The monoisotopic (exact) mass is 1730 g/mol. The van der Waals surface area contributed by atoms with Gasteiger partial charge in [-0.3, -0.25) is 0 Å². The lowest BCUT2D eigenvalue weighted by Gasteiger charge is -2.22. The Labute approximate surface area is 792 Å². The lowest BCUT2D eigenvalue weighted by atomic mass is 9.81. The molecule has 1 aromatic heterocycles. The third kappa shape index (κ3) is 12.8. The van der Waals surface area contributed by atoms with Crippen LogP contribution in [0.25, 0.3) is 241 Å². The molecule has 1 heteroatoms. The molecule has 0 spiro atoms. The molecule has 25 aromatic rings. The highest BCUT2D eigenvalue weighted by Gasteiger charge is 2.39. The predicted octanol–water partition coefficient (Wildman–Crippen LogP) is 37.6. The zero-order chi connectivity index (χ0) is 90.8. The molecule has 3 aliphatic rings. The number of furan rings is 1. The first kappa shape index (κ1) is 80.3. The zero-order valence-electron chi connectivity index (χ0n) is 76.8. The molecule has 0 radical (unpaired) electrons. The van der Waals surface area contributed by atoms with Gasteiger partial charge in [-0.15, -0.1) is 0 Å². The molecule has 0 amide bonds. The SMILES string of the molecule is CC1(C)c2ccccc2-c2c(-c3ccc(-c4cc5ccc6ccccc6c5c5ccccc45)cc3)cccc21.CC1(C)c2ccccc2-c2ccc(-c3cccc(-c4ccc5c(ccc6cc(-c7cccc(-c8ccc9c(c8)C(C)(C)c8ccccc8-9)c7)c7ccccc7c65)c4)c3)cc21.c1ccc(-c2cc3ccc4ccccc4c3c3ccccc23)c(-c2ccc3oc4ccccc4c3c2)c1. The number of fused-ring (bicyclic) bond motifs is 27. The topological polar surface area (TPSA) is 13.1 Å². The number of hydrogen-bond donors (Lipinski definition) is 0. The molecule has 0 fully saturated rings. The summed E-state index contributed by atoms with van der Waals surface area (Å²) in [4.78, 5) is 0. The molecule has 136 heavy (non-hydrogen) atoms. The summed E-state index contributed by atoms with van der Waals surface area (Å²) in [6, 6.07) is 170. The molecule has 24 aromatic carbocycles. The third-order valence-electron chi connectivity index (χ3n) is 30.6. The first-order valence-corrected chi connectivity index (χ1v) is 47.8. The number of rotatable bonds is 8. The molecule has 0 atom stereocenters. The standard InChI is InChI=1S/C60H44.C39H28.C36H22O/c1-59(2)54-21-9-7-18-48(54)50-29-26-41(35-56(50)59)38-14-11-13-37(31-38)40-25-28-46-44(33-40)23-24-45-34-53(47-17-5-6-20-52(47)58(45)46)43-16-12-15-39(32-43)42-27-30-51-49-19-8-10-22-55(49)60(3,4)57(51)36-42;1-39(2)35-16-8-7-14-33(35)38-30(15-9-17-36(38)39)26-18-20-27(21-19-26)34-24-28-23-22-25-10-3-4-11-29(25)37(28)32-13-6-5-12-31(32)34;1-2-11-27-23(9-1)17-18-25-22-32(29-13-5-6-15-31(29)36(25)27)28-12-4-3-10-26(28)24-19-20-35-33(21-24)30-14-7-8-16-34(30)37-35/h5-36H,1-4H3;3-24H,1-2H3;1-22H. The Balaban J connectivity index is 0.000000110. The highest BCUT2D eigenvalue weighted by atomic mass is 16.3. The van der Waals surface area contributed by atoms with Crippen molar-refractivity contribution in [2.24, 2.45) is 0 Å². The van der Waals surface area contributed by atoms with Gasteiger partial charge < -0.3 is 4.42 Å². The van der Waals surface area contributed by atoms with Crippen molar-refractivity contribution in [3.05, 3.63) is 494 Å². The molecule has 0 unspecified atom stereocenters. The summed E-state index contributed by atoms with van der Waals surface area (Å²) < 4.78 is 6.10. The van der Waals surface area contributed by atoms with Crippen LogP contribution >= 0.6 is 0 Å². The molecule has 1 heterocycles. The molecule has 0 saturated heterocycles. The van der Waals surface area contributed by atoms with E-state index in [2.05, 4.69) is 490 Å². The van der Waals surface area contributed by atoms with Gasteiger partial charge in [-0.2, -0.15) is 0 Å². The van der Waals surface area contributed by atoms with Crippen LogP contribution in [0.1, 0.15) is 74.9 Å². The number of benzene rings is 24. The average Bonchev–Trinajstić information content (AvgIpc) is 1.65. The van der Waals surface area contributed by atoms with Gasteiger partial charge in [0.05, 0.1) is 0 Å². The van der Waals surface area contributed by atoms with Gasteiger partial charge in [0.25, 0.3) is 0 Å². The maximum Gasteiger partial charge on any atom is 0.135 e. The molecular formula is C135H94O. The van der Waals surface area contributed by atoms with Crippen molar-refractivity contribution in [3.63, 3.8) is 0 Å². The Morgan fingerprint density at radius 3 is 1.02 bits per heavy atom. The van der Waals surface area contributed by atoms with Crippen molar-refractivity contribution in [2.45, 2.75) is 57.8 Å². The largest absolute Gasteiger partial charge is 0.456 e. The first-order valence-electron chi connectivity index (χ1n) is 47.8. The minimum Gasteiger partial charge on any atom is -0.456 e. The Morgan fingerprint density at radius 1 is 0.140 bits per heavy atom. The Bertz CT molecular complexity index is 9320. The Morgan fingerprint density at radius 2 is 0.463 bits per heavy atom. The van der Waals surface area contributed by atoms with E-state index in [1.54, 1.807) is 0 Å². The minimum absolute atomic E-state index is 0.00998. The van der Waals surface area contributed by atoms with Crippen LogP contribution in [-0.2, 0) is 16.2 Å². The first-order chi connectivity index (χ1) is 66.7. The maximum atomic E-state index is 6.10. The van der Waals surface area contributed by atoms with Crippen molar-refractivity contribution in [1.29, 1.82) is 0 Å². The zero-order valence-corrected chi connectivity index (χ0v) is 76.8. The van der Waals surface area contributed by atoms with E-state index in [1.807, 2.05) is 12.1 Å². The van der Waals surface area contributed by atoms with Gasteiger partial charge in [0.15, 0.2) is 0 Å². The summed E-state index contributed by atoms with van der Waals surface area (Å²) in [6.07, 6.45) is 0. The van der Waals surface area contributed by atoms with Gasteiger partial charge >= 0.3 is 0 Å². The van der Waals surface area contributed by atoms with Crippen LogP contribution in [0.15, 0.2) is 465 Å². The van der Waals surface area contributed by atoms with Crippen LogP contribution in [0.2, 0.25) is 0 Å². The molecule has 28 rings (SSSR count). The Kier molecular flexibility index (Phi) is 18.5. The van der Waals surface area contributed by atoms with Gasteiger partial charge in [0, 0.05) is 27.0 Å². The van der Waals surface area contributed by atoms with Gasteiger partial charge in [0.2, 0.25) is 0 Å². The van der Waals surface area contributed by atoms with Crippen LogP contribution in [0.4, 0.5) is 0 Å². The van der Waals surface area contributed by atoms with Crippen molar-refractivity contribution in [3.8, 4) is 122 Å². The molecule has 0 bridgehead atoms. The maximum absolute atomic E-state index is 6.10. The van der Waals surface area contributed by atoms with Crippen molar-refractivity contribution >= 4 is 119 Å². The average molecular weight is 1730 g/mol. The van der Waals surface area contributed by atoms with Crippen molar-refractivity contribution < 1.29 is 4.42 Å².